The van der Waals surface area contributed by atoms with E-state index in [4.69, 9.17) is 4.74 Å². The van der Waals surface area contributed by atoms with Crippen molar-refractivity contribution in [1.82, 2.24) is 9.55 Å². The number of hydrogen-bond donors (Lipinski definition) is 1. The molecule has 4 rings (SSSR count). The standard InChI is InChI=1S/C28H29FN2O2/c1-33-26-12-7-11-22(18-26)8-5-6-17-28(32,24-13-15-25(29)16-14-24)27-19-30-21-31(27)20-23-9-3-2-4-10-23/h2-4,7,9-16,18-19,21,32H,5-6,8,17,20H2,1H3. The fourth-order valence-corrected chi connectivity index (χ4v) is 4.26. The van der Waals surface area contributed by atoms with Crippen LogP contribution in [0.3, 0.4) is 0 Å². The summed E-state index contributed by atoms with van der Waals surface area (Å²) in [5, 5.41) is 12.0. The summed E-state index contributed by atoms with van der Waals surface area (Å²) < 4.78 is 20.9. The third-order valence-corrected chi connectivity index (χ3v) is 6.04. The lowest BCUT2D eigenvalue weighted by Gasteiger charge is -2.30. The Balaban J connectivity index is 1.55. The van der Waals surface area contributed by atoms with Gasteiger partial charge >= 0.3 is 0 Å². The fourth-order valence-electron chi connectivity index (χ4n) is 4.26. The van der Waals surface area contributed by atoms with Crippen LogP contribution in [0.15, 0.2) is 91.4 Å². The van der Waals surface area contributed by atoms with Crippen LogP contribution < -0.4 is 4.74 Å². The first-order chi connectivity index (χ1) is 16.1. The van der Waals surface area contributed by atoms with Crippen LogP contribution >= 0.6 is 0 Å². The SMILES string of the molecule is COc1cccc(CCCCC(O)(c2ccc(F)cc2)c2cncn2Cc2ccccc2)c1. The molecule has 0 amide bonds. The van der Waals surface area contributed by atoms with Crippen LogP contribution in [0.4, 0.5) is 4.39 Å². The number of aryl methyl sites for hydroxylation is 1. The summed E-state index contributed by atoms with van der Waals surface area (Å²) in [7, 11) is 1.67. The number of hydrogen-bond acceptors (Lipinski definition) is 3. The molecule has 0 bridgehead atoms. The van der Waals surface area contributed by atoms with Gasteiger partial charge in [0.15, 0.2) is 0 Å². The molecule has 170 valence electrons. The molecule has 33 heavy (non-hydrogen) atoms. The van der Waals surface area contributed by atoms with Gasteiger partial charge in [0.25, 0.3) is 0 Å². The van der Waals surface area contributed by atoms with E-state index in [-0.39, 0.29) is 5.82 Å². The Morgan fingerprint density at radius 3 is 2.45 bits per heavy atom. The summed E-state index contributed by atoms with van der Waals surface area (Å²) in [6.45, 7) is 0.601. The average molecular weight is 445 g/mol. The number of rotatable bonds is 10. The van der Waals surface area contributed by atoms with Gasteiger partial charge in [-0.1, -0.05) is 54.6 Å². The molecular weight excluding hydrogens is 415 g/mol. The second kappa shape index (κ2) is 10.5. The number of unbranched alkanes of at least 4 members (excludes halogenated alkanes) is 1. The Kier molecular flexibility index (Phi) is 7.20. The van der Waals surface area contributed by atoms with Gasteiger partial charge in [-0.05, 0) is 66.6 Å². The van der Waals surface area contributed by atoms with Crippen molar-refractivity contribution in [2.24, 2.45) is 0 Å². The van der Waals surface area contributed by atoms with Gasteiger partial charge in [0.2, 0.25) is 0 Å². The Hall–Kier alpha value is -3.44. The molecule has 0 spiro atoms. The molecule has 1 heterocycles. The Morgan fingerprint density at radius 1 is 0.939 bits per heavy atom. The van der Waals surface area contributed by atoms with Gasteiger partial charge in [-0.2, -0.15) is 0 Å². The monoisotopic (exact) mass is 444 g/mol. The molecule has 0 fully saturated rings. The highest BCUT2D eigenvalue weighted by atomic mass is 19.1. The zero-order chi connectivity index (χ0) is 23.1. The lowest BCUT2D eigenvalue weighted by atomic mass is 9.85. The zero-order valence-electron chi connectivity index (χ0n) is 18.8. The van der Waals surface area contributed by atoms with Gasteiger partial charge < -0.3 is 14.4 Å². The van der Waals surface area contributed by atoms with E-state index < -0.39 is 5.60 Å². The molecule has 0 saturated carbocycles. The van der Waals surface area contributed by atoms with Crippen LogP contribution in [-0.2, 0) is 18.6 Å². The first-order valence-corrected chi connectivity index (χ1v) is 11.2. The summed E-state index contributed by atoms with van der Waals surface area (Å²) in [5.74, 6) is 0.525. The first kappa shape index (κ1) is 22.7. The highest BCUT2D eigenvalue weighted by Gasteiger charge is 2.34. The predicted octanol–water partition coefficient (Wildman–Crippen LogP) is 5.73. The van der Waals surface area contributed by atoms with E-state index in [1.54, 1.807) is 31.8 Å². The van der Waals surface area contributed by atoms with Gasteiger partial charge in [0, 0.05) is 6.54 Å². The summed E-state index contributed by atoms with van der Waals surface area (Å²) in [6.07, 6.45) is 6.55. The van der Waals surface area contributed by atoms with Gasteiger partial charge in [-0.15, -0.1) is 0 Å². The number of nitrogens with zero attached hydrogens (tertiary/aromatic N) is 2. The minimum Gasteiger partial charge on any atom is -0.497 e. The molecule has 1 aromatic heterocycles. The molecule has 1 atom stereocenters. The van der Waals surface area contributed by atoms with E-state index in [1.165, 1.54) is 17.7 Å². The molecule has 0 aliphatic carbocycles. The topological polar surface area (TPSA) is 47.3 Å². The van der Waals surface area contributed by atoms with E-state index in [9.17, 15) is 9.50 Å². The number of benzene rings is 3. The van der Waals surface area contributed by atoms with Gasteiger partial charge in [-0.3, -0.25) is 0 Å². The maximum Gasteiger partial charge on any atom is 0.131 e. The number of imidazole rings is 1. The summed E-state index contributed by atoms with van der Waals surface area (Å²) in [6, 6.07) is 24.3. The van der Waals surface area contributed by atoms with E-state index in [0.29, 0.717) is 24.2 Å². The Morgan fingerprint density at radius 2 is 1.70 bits per heavy atom. The van der Waals surface area contributed by atoms with Crippen LogP contribution in [0, 0.1) is 5.82 Å². The number of aromatic nitrogens is 2. The molecule has 3 aromatic carbocycles. The Bertz CT molecular complexity index is 1160. The van der Waals surface area contributed by atoms with Crippen molar-refractivity contribution in [3.63, 3.8) is 0 Å². The van der Waals surface area contributed by atoms with E-state index in [1.807, 2.05) is 41.0 Å². The molecule has 0 radical (unpaired) electrons. The summed E-state index contributed by atoms with van der Waals surface area (Å²) >= 11 is 0. The van der Waals surface area contributed by atoms with Crippen LogP contribution in [0.2, 0.25) is 0 Å². The van der Waals surface area contributed by atoms with Crippen molar-refractivity contribution >= 4 is 0 Å². The quantitative estimate of drug-likeness (QED) is 0.318. The van der Waals surface area contributed by atoms with Crippen LogP contribution in [0.5, 0.6) is 5.75 Å². The smallest absolute Gasteiger partial charge is 0.131 e. The molecule has 1 unspecified atom stereocenters. The normalized spacial score (nSPS) is 12.9. The molecule has 1 N–H and O–H groups in total. The van der Waals surface area contributed by atoms with Crippen LogP contribution in [0.25, 0.3) is 0 Å². The zero-order valence-corrected chi connectivity index (χ0v) is 18.8. The van der Waals surface area contributed by atoms with Gasteiger partial charge in [0.1, 0.15) is 17.2 Å². The first-order valence-electron chi connectivity index (χ1n) is 11.2. The Labute approximate surface area is 194 Å². The number of ether oxygens (including phenoxy) is 1. The van der Waals surface area contributed by atoms with Crippen molar-refractivity contribution in [2.45, 2.75) is 37.8 Å². The third-order valence-electron chi connectivity index (χ3n) is 6.04. The highest BCUT2D eigenvalue weighted by Crippen LogP contribution is 2.35. The second-order valence-corrected chi connectivity index (χ2v) is 8.32. The number of aliphatic hydroxyl groups is 1. The molecule has 0 saturated heterocycles. The predicted molar refractivity (Wildman–Crippen MR) is 128 cm³/mol. The van der Waals surface area contributed by atoms with Crippen molar-refractivity contribution in [1.29, 1.82) is 0 Å². The van der Waals surface area contributed by atoms with Crippen molar-refractivity contribution in [3.8, 4) is 5.75 Å². The van der Waals surface area contributed by atoms with Crippen molar-refractivity contribution in [2.75, 3.05) is 7.11 Å². The molecular formula is C28H29FN2O2. The minimum absolute atomic E-state index is 0.322. The number of methoxy groups -OCH3 is 1. The van der Waals surface area contributed by atoms with E-state index >= 15 is 0 Å². The van der Waals surface area contributed by atoms with Crippen LogP contribution in [0.1, 0.15) is 41.6 Å². The third kappa shape index (κ3) is 5.49. The van der Waals surface area contributed by atoms with Gasteiger partial charge in [0.05, 0.1) is 25.3 Å². The average Bonchev–Trinajstić information content (AvgIpc) is 3.32. The van der Waals surface area contributed by atoms with Crippen molar-refractivity contribution in [3.05, 3.63) is 120 Å². The molecule has 4 aromatic rings. The van der Waals surface area contributed by atoms with Crippen molar-refractivity contribution < 1.29 is 14.2 Å². The maximum absolute atomic E-state index is 13.6. The van der Waals surface area contributed by atoms with Crippen LogP contribution in [-0.4, -0.2) is 21.8 Å². The van der Waals surface area contributed by atoms with Gasteiger partial charge in [-0.25, -0.2) is 9.37 Å². The number of halogens is 1. The molecule has 4 nitrogen and oxygen atoms in total. The summed E-state index contributed by atoms with van der Waals surface area (Å²) in [4.78, 5) is 4.34. The highest BCUT2D eigenvalue weighted by molar-refractivity contribution is 5.33. The fraction of sp³-hybridized carbons (Fsp3) is 0.250. The maximum atomic E-state index is 13.6. The lowest BCUT2D eigenvalue weighted by molar-refractivity contribution is 0.0600. The summed E-state index contributed by atoms with van der Waals surface area (Å²) in [5.41, 5.74) is 2.43. The second-order valence-electron chi connectivity index (χ2n) is 8.32. The van der Waals surface area contributed by atoms with E-state index in [0.717, 1.165) is 30.6 Å². The largest absolute Gasteiger partial charge is 0.497 e. The minimum atomic E-state index is -1.27. The molecule has 5 heteroatoms. The van der Waals surface area contributed by atoms with E-state index in [2.05, 4.69) is 23.2 Å². The molecule has 0 aliphatic heterocycles. The molecule has 0 aliphatic rings. The lowest BCUT2D eigenvalue weighted by Crippen LogP contribution is -2.30.